The molecule has 4 N–H and O–H groups in total. The van der Waals surface area contributed by atoms with Gasteiger partial charge in [0.1, 0.15) is 17.3 Å². The van der Waals surface area contributed by atoms with Crippen molar-refractivity contribution in [3.05, 3.63) is 35.4 Å². The number of phenols is 1. The number of rotatable bonds is 1. The van der Waals surface area contributed by atoms with Crippen molar-refractivity contribution in [1.29, 1.82) is 5.41 Å². The van der Waals surface area contributed by atoms with Crippen molar-refractivity contribution in [2.75, 3.05) is 0 Å². The van der Waals surface area contributed by atoms with E-state index in [2.05, 4.69) is 9.98 Å². The van der Waals surface area contributed by atoms with Crippen LogP contribution in [0, 0.1) is 19.3 Å². The van der Waals surface area contributed by atoms with Crippen LogP contribution >= 0.6 is 0 Å². The summed E-state index contributed by atoms with van der Waals surface area (Å²) in [6.07, 6.45) is 3.26. The lowest BCUT2D eigenvalue weighted by Crippen LogP contribution is -2.20. The molecular formula is C13H14N4O. The molecule has 0 saturated carbocycles. The van der Waals surface area contributed by atoms with Gasteiger partial charge in [0.15, 0.2) is 5.84 Å². The highest BCUT2D eigenvalue weighted by Crippen LogP contribution is 2.27. The fourth-order valence-electron chi connectivity index (χ4n) is 1.69. The van der Waals surface area contributed by atoms with E-state index in [4.69, 9.17) is 11.1 Å². The molecule has 1 aliphatic heterocycles. The van der Waals surface area contributed by atoms with Crippen molar-refractivity contribution in [2.45, 2.75) is 13.8 Å². The number of aliphatic imine (C=N–C) groups is 2. The summed E-state index contributed by atoms with van der Waals surface area (Å²) in [5.74, 6) is 0.617. The SMILES string of the molecule is Cc1cc(N=C2C=CC(N)=NC2=N)cc(C)c1O. The molecule has 0 saturated heterocycles. The maximum Gasteiger partial charge on any atom is 0.172 e. The van der Waals surface area contributed by atoms with E-state index < -0.39 is 0 Å². The topological polar surface area (TPSA) is 94.8 Å². The number of phenolic OH excluding ortho intramolecular Hbond substituents is 1. The van der Waals surface area contributed by atoms with Crippen LogP contribution in [0.25, 0.3) is 0 Å². The fraction of sp³-hybridized carbons (Fsp3) is 0.154. The van der Waals surface area contributed by atoms with Crippen molar-refractivity contribution in [3.63, 3.8) is 0 Å². The third-order valence-electron chi connectivity index (χ3n) is 2.62. The maximum absolute atomic E-state index is 9.68. The van der Waals surface area contributed by atoms with Gasteiger partial charge in [-0.15, -0.1) is 0 Å². The third kappa shape index (κ3) is 2.29. The first-order chi connectivity index (χ1) is 8.47. The molecule has 1 aliphatic rings. The minimum atomic E-state index is 0.0402. The number of nitrogens with one attached hydrogen (secondary N) is 1. The lowest BCUT2D eigenvalue weighted by atomic mass is 10.1. The maximum atomic E-state index is 9.68. The van der Waals surface area contributed by atoms with E-state index in [-0.39, 0.29) is 11.6 Å². The van der Waals surface area contributed by atoms with E-state index in [9.17, 15) is 5.11 Å². The number of benzene rings is 1. The van der Waals surface area contributed by atoms with Crippen LogP contribution in [0.15, 0.2) is 34.3 Å². The molecule has 0 fully saturated rings. The normalized spacial score (nSPS) is 17.1. The molecule has 0 bridgehead atoms. The zero-order valence-corrected chi connectivity index (χ0v) is 10.2. The lowest BCUT2D eigenvalue weighted by Gasteiger charge is -2.08. The predicted octanol–water partition coefficient (Wildman–Crippen LogP) is 1.99. The summed E-state index contributed by atoms with van der Waals surface area (Å²) in [6, 6.07) is 3.52. The predicted molar refractivity (Wildman–Crippen MR) is 73.2 cm³/mol. The summed E-state index contributed by atoms with van der Waals surface area (Å²) in [4.78, 5) is 8.16. The molecule has 92 valence electrons. The Morgan fingerprint density at radius 1 is 1.22 bits per heavy atom. The van der Waals surface area contributed by atoms with Crippen LogP contribution in [0.5, 0.6) is 5.75 Å². The molecule has 0 atom stereocenters. The quantitative estimate of drug-likeness (QED) is 0.702. The highest BCUT2D eigenvalue weighted by atomic mass is 16.3. The van der Waals surface area contributed by atoms with Gasteiger partial charge in [-0.2, -0.15) is 0 Å². The Labute approximate surface area is 105 Å². The Morgan fingerprint density at radius 2 is 1.83 bits per heavy atom. The van der Waals surface area contributed by atoms with Crippen LogP contribution in [-0.2, 0) is 0 Å². The van der Waals surface area contributed by atoms with Gasteiger partial charge >= 0.3 is 0 Å². The first-order valence-electron chi connectivity index (χ1n) is 5.47. The zero-order valence-electron chi connectivity index (χ0n) is 10.2. The molecule has 18 heavy (non-hydrogen) atoms. The van der Waals surface area contributed by atoms with Gasteiger partial charge in [-0.3, -0.25) is 5.41 Å². The monoisotopic (exact) mass is 242 g/mol. The first-order valence-corrected chi connectivity index (χ1v) is 5.47. The number of aromatic hydroxyl groups is 1. The van der Waals surface area contributed by atoms with Crippen LogP contribution in [0.1, 0.15) is 11.1 Å². The number of hydrogen-bond donors (Lipinski definition) is 3. The molecule has 0 spiro atoms. The van der Waals surface area contributed by atoms with E-state index in [1.54, 1.807) is 24.3 Å². The Morgan fingerprint density at radius 3 is 2.39 bits per heavy atom. The van der Waals surface area contributed by atoms with Gasteiger partial charge in [0, 0.05) is 0 Å². The van der Waals surface area contributed by atoms with Crippen LogP contribution < -0.4 is 5.73 Å². The third-order valence-corrected chi connectivity index (χ3v) is 2.62. The van der Waals surface area contributed by atoms with E-state index in [1.807, 2.05) is 13.8 Å². The number of aryl methyl sites for hydroxylation is 2. The van der Waals surface area contributed by atoms with Crippen molar-refractivity contribution >= 4 is 23.1 Å². The highest BCUT2D eigenvalue weighted by Gasteiger charge is 2.09. The number of nitrogens with two attached hydrogens (primary N) is 1. The highest BCUT2D eigenvalue weighted by molar-refractivity contribution is 6.48. The van der Waals surface area contributed by atoms with E-state index >= 15 is 0 Å². The Bertz CT molecular complexity index is 588. The van der Waals surface area contributed by atoms with Crippen LogP contribution in [-0.4, -0.2) is 22.5 Å². The number of hydrogen-bond acceptors (Lipinski definition) is 4. The van der Waals surface area contributed by atoms with Gasteiger partial charge in [-0.05, 0) is 49.3 Å². The summed E-state index contributed by atoms with van der Waals surface area (Å²) >= 11 is 0. The van der Waals surface area contributed by atoms with Gasteiger partial charge in [0.25, 0.3) is 0 Å². The van der Waals surface area contributed by atoms with Crippen LogP contribution in [0.2, 0.25) is 0 Å². The summed E-state index contributed by atoms with van der Waals surface area (Å²) in [6.45, 7) is 3.62. The van der Waals surface area contributed by atoms with Crippen molar-refractivity contribution in [3.8, 4) is 5.75 Å². The molecule has 0 radical (unpaired) electrons. The van der Waals surface area contributed by atoms with Gasteiger partial charge in [0.05, 0.1) is 5.69 Å². The molecular weight excluding hydrogens is 228 g/mol. The van der Waals surface area contributed by atoms with Gasteiger partial charge in [-0.25, -0.2) is 9.98 Å². The van der Waals surface area contributed by atoms with E-state index in [1.165, 1.54) is 0 Å². The summed E-state index contributed by atoms with van der Waals surface area (Å²) < 4.78 is 0. The molecule has 2 rings (SSSR count). The van der Waals surface area contributed by atoms with Crippen LogP contribution in [0.4, 0.5) is 5.69 Å². The molecule has 0 aliphatic carbocycles. The molecule has 5 nitrogen and oxygen atoms in total. The van der Waals surface area contributed by atoms with Crippen LogP contribution in [0.3, 0.4) is 0 Å². The zero-order chi connectivity index (χ0) is 13.3. The summed E-state index contributed by atoms with van der Waals surface area (Å²) in [5.41, 5.74) is 8.13. The Hall–Kier alpha value is -2.43. The Balaban J connectivity index is 2.41. The van der Waals surface area contributed by atoms with Gasteiger partial charge < -0.3 is 10.8 Å². The minimum absolute atomic E-state index is 0.0402. The second-order valence-electron chi connectivity index (χ2n) is 4.14. The van der Waals surface area contributed by atoms with Crippen molar-refractivity contribution in [2.24, 2.45) is 15.7 Å². The number of amidine groups is 2. The molecule has 0 unspecified atom stereocenters. The fourth-order valence-corrected chi connectivity index (χ4v) is 1.69. The smallest absolute Gasteiger partial charge is 0.172 e. The summed E-state index contributed by atoms with van der Waals surface area (Å²) in [7, 11) is 0. The van der Waals surface area contributed by atoms with E-state index in [0.29, 0.717) is 17.2 Å². The Kier molecular flexibility index (Phi) is 2.97. The average molecular weight is 242 g/mol. The van der Waals surface area contributed by atoms with Crippen molar-refractivity contribution in [1.82, 2.24) is 0 Å². The standard InChI is InChI=1S/C13H14N4O/c1-7-5-9(6-8(2)12(7)18)16-10-3-4-11(14)17-13(10)15/h3-6,18H,1-2H3,(H3,14,15,17). The summed E-state index contributed by atoms with van der Waals surface area (Å²) in [5, 5.41) is 17.4. The lowest BCUT2D eigenvalue weighted by molar-refractivity contribution is 0.467. The number of nitrogens with zero attached hydrogens (tertiary/aromatic N) is 2. The minimum Gasteiger partial charge on any atom is -0.507 e. The molecule has 0 amide bonds. The molecule has 1 aromatic rings. The number of dihydropyridines is 1. The molecule has 1 aromatic carbocycles. The molecule has 0 aromatic heterocycles. The van der Waals surface area contributed by atoms with Gasteiger partial charge in [0.2, 0.25) is 0 Å². The molecule has 5 heteroatoms. The largest absolute Gasteiger partial charge is 0.507 e. The van der Waals surface area contributed by atoms with Crippen molar-refractivity contribution < 1.29 is 5.11 Å². The second kappa shape index (κ2) is 4.44. The second-order valence-corrected chi connectivity index (χ2v) is 4.14. The first kappa shape index (κ1) is 12.0. The molecule has 1 heterocycles. The van der Waals surface area contributed by atoms with Gasteiger partial charge in [-0.1, -0.05) is 0 Å². The average Bonchev–Trinajstić information content (AvgIpc) is 2.29. The van der Waals surface area contributed by atoms with E-state index in [0.717, 1.165) is 11.1 Å².